The second-order valence-corrected chi connectivity index (χ2v) is 9.99. The molecule has 10 heteroatoms. The van der Waals surface area contributed by atoms with E-state index in [0.29, 0.717) is 18.9 Å². The van der Waals surface area contributed by atoms with E-state index in [0.717, 1.165) is 27.4 Å². The van der Waals surface area contributed by atoms with Gasteiger partial charge >= 0.3 is 0 Å². The number of amides is 1. The average Bonchev–Trinajstić information content (AvgIpc) is 3.17. The fraction of sp³-hybridized carbons (Fsp3) is 0.300. The highest BCUT2D eigenvalue weighted by Gasteiger charge is 2.30. The van der Waals surface area contributed by atoms with Crippen molar-refractivity contribution in [3.8, 4) is 0 Å². The van der Waals surface area contributed by atoms with Gasteiger partial charge in [0.1, 0.15) is 0 Å². The number of piperazine rings is 1. The summed E-state index contributed by atoms with van der Waals surface area (Å²) in [5, 5.41) is 0.893. The molecule has 0 saturated carbocycles. The SMILES string of the molecule is O=C(CCc1nc2ccccc2s1)N1CCN(S(=O)(=O)c2ccc(F)c(F)c2)CC1. The quantitative estimate of drug-likeness (QED) is 0.598. The Hall–Kier alpha value is -2.43. The molecule has 0 spiro atoms. The molecule has 2 heterocycles. The molecule has 0 atom stereocenters. The van der Waals surface area contributed by atoms with E-state index in [1.165, 1.54) is 4.31 Å². The Morgan fingerprint density at radius 1 is 1.03 bits per heavy atom. The lowest BCUT2D eigenvalue weighted by Gasteiger charge is -2.34. The number of rotatable bonds is 5. The molecule has 0 bridgehead atoms. The summed E-state index contributed by atoms with van der Waals surface area (Å²) in [7, 11) is -3.94. The van der Waals surface area contributed by atoms with E-state index in [2.05, 4.69) is 4.98 Å². The van der Waals surface area contributed by atoms with Crippen molar-refractivity contribution < 1.29 is 22.0 Å². The molecule has 1 saturated heterocycles. The zero-order valence-electron chi connectivity index (χ0n) is 15.9. The van der Waals surface area contributed by atoms with Crippen molar-refractivity contribution >= 4 is 37.5 Å². The number of carbonyl (C=O) groups is 1. The first-order valence-electron chi connectivity index (χ1n) is 9.42. The molecule has 158 valence electrons. The number of benzene rings is 2. The minimum Gasteiger partial charge on any atom is -0.340 e. The van der Waals surface area contributed by atoms with Crippen LogP contribution >= 0.6 is 11.3 Å². The van der Waals surface area contributed by atoms with Crippen molar-refractivity contribution in [3.63, 3.8) is 0 Å². The number of hydrogen-bond donors (Lipinski definition) is 0. The number of hydrogen-bond acceptors (Lipinski definition) is 5. The highest BCUT2D eigenvalue weighted by molar-refractivity contribution is 7.89. The lowest BCUT2D eigenvalue weighted by Crippen LogP contribution is -2.50. The van der Waals surface area contributed by atoms with Crippen molar-refractivity contribution in [2.75, 3.05) is 26.2 Å². The van der Waals surface area contributed by atoms with Gasteiger partial charge < -0.3 is 4.90 Å². The molecule has 4 rings (SSSR count). The second kappa shape index (κ2) is 8.37. The van der Waals surface area contributed by atoms with Gasteiger partial charge in [-0.25, -0.2) is 22.2 Å². The third-order valence-electron chi connectivity index (χ3n) is 5.01. The largest absolute Gasteiger partial charge is 0.340 e. The van der Waals surface area contributed by atoms with E-state index in [1.54, 1.807) is 16.2 Å². The molecule has 0 N–H and O–H groups in total. The summed E-state index contributed by atoms with van der Waals surface area (Å²) in [4.78, 5) is 18.4. The first-order valence-corrected chi connectivity index (χ1v) is 11.7. The van der Waals surface area contributed by atoms with Crippen molar-refractivity contribution in [2.45, 2.75) is 17.7 Å². The monoisotopic (exact) mass is 451 g/mol. The molecule has 1 aliphatic heterocycles. The van der Waals surface area contributed by atoms with Gasteiger partial charge in [-0.3, -0.25) is 4.79 Å². The van der Waals surface area contributed by atoms with Crippen LogP contribution in [0, 0.1) is 11.6 Å². The van der Waals surface area contributed by atoms with Crippen LogP contribution in [-0.4, -0.2) is 54.7 Å². The number of carbonyl (C=O) groups excluding carboxylic acids is 1. The van der Waals surface area contributed by atoms with E-state index in [4.69, 9.17) is 0 Å². The van der Waals surface area contributed by atoms with Crippen LogP contribution in [0.2, 0.25) is 0 Å². The fourth-order valence-corrected chi connectivity index (χ4v) is 5.76. The number of halogens is 2. The number of nitrogens with zero attached hydrogens (tertiary/aromatic N) is 3. The maximum absolute atomic E-state index is 13.4. The predicted molar refractivity (Wildman–Crippen MR) is 110 cm³/mol. The van der Waals surface area contributed by atoms with Gasteiger partial charge in [-0.15, -0.1) is 11.3 Å². The number of sulfonamides is 1. The Bertz CT molecular complexity index is 1160. The van der Waals surface area contributed by atoms with Crippen molar-refractivity contribution in [2.24, 2.45) is 0 Å². The maximum atomic E-state index is 13.4. The van der Waals surface area contributed by atoms with Crippen LogP contribution in [0.1, 0.15) is 11.4 Å². The molecule has 0 unspecified atom stereocenters. The molecular formula is C20H19F2N3O3S2. The van der Waals surface area contributed by atoms with Crippen LogP contribution in [0.5, 0.6) is 0 Å². The van der Waals surface area contributed by atoms with Gasteiger partial charge in [0.15, 0.2) is 11.6 Å². The number of thiazole rings is 1. The molecular weight excluding hydrogens is 432 g/mol. The Morgan fingerprint density at radius 3 is 2.47 bits per heavy atom. The first kappa shape index (κ1) is 20.8. The molecule has 30 heavy (non-hydrogen) atoms. The summed E-state index contributed by atoms with van der Waals surface area (Å²) in [6.45, 7) is 0.714. The lowest BCUT2D eigenvalue weighted by atomic mass is 10.2. The van der Waals surface area contributed by atoms with Crippen molar-refractivity contribution in [3.05, 3.63) is 59.1 Å². The van der Waals surface area contributed by atoms with Crippen LogP contribution < -0.4 is 0 Å². The molecule has 6 nitrogen and oxygen atoms in total. The Kier molecular flexibility index (Phi) is 5.81. The Labute approximate surface area is 176 Å². The lowest BCUT2D eigenvalue weighted by molar-refractivity contribution is -0.132. The van der Waals surface area contributed by atoms with Gasteiger partial charge in [0.05, 0.1) is 20.1 Å². The van der Waals surface area contributed by atoms with Crippen LogP contribution in [0.3, 0.4) is 0 Å². The summed E-state index contributed by atoms with van der Waals surface area (Å²) in [5.74, 6) is -2.36. The molecule has 1 aliphatic rings. The molecule has 0 radical (unpaired) electrons. The number of aryl methyl sites for hydroxylation is 1. The maximum Gasteiger partial charge on any atom is 0.243 e. The van der Waals surface area contributed by atoms with Gasteiger partial charge in [0.25, 0.3) is 0 Å². The zero-order chi connectivity index (χ0) is 21.3. The van der Waals surface area contributed by atoms with E-state index in [-0.39, 0.29) is 37.0 Å². The summed E-state index contributed by atoms with van der Waals surface area (Å²) in [6.07, 6.45) is 0.835. The topological polar surface area (TPSA) is 70.6 Å². The van der Waals surface area contributed by atoms with Crippen molar-refractivity contribution in [1.29, 1.82) is 0 Å². The third kappa shape index (κ3) is 4.21. The van der Waals surface area contributed by atoms with Crippen LogP contribution in [0.4, 0.5) is 8.78 Å². The van der Waals surface area contributed by atoms with Gasteiger partial charge in [-0.05, 0) is 30.3 Å². The van der Waals surface area contributed by atoms with E-state index < -0.39 is 21.7 Å². The highest BCUT2D eigenvalue weighted by atomic mass is 32.2. The molecule has 1 fully saturated rings. The molecule has 1 aromatic heterocycles. The average molecular weight is 452 g/mol. The fourth-order valence-electron chi connectivity index (χ4n) is 3.36. The van der Waals surface area contributed by atoms with E-state index in [9.17, 15) is 22.0 Å². The van der Waals surface area contributed by atoms with E-state index in [1.807, 2.05) is 24.3 Å². The highest BCUT2D eigenvalue weighted by Crippen LogP contribution is 2.23. The normalized spacial score (nSPS) is 15.6. The summed E-state index contributed by atoms with van der Waals surface area (Å²) in [6, 6.07) is 10.3. The molecule has 0 aliphatic carbocycles. The van der Waals surface area contributed by atoms with Gasteiger partial charge in [0.2, 0.25) is 15.9 Å². The number of fused-ring (bicyclic) bond motifs is 1. The van der Waals surface area contributed by atoms with Crippen LogP contribution in [-0.2, 0) is 21.2 Å². The van der Waals surface area contributed by atoms with Gasteiger partial charge in [-0.1, -0.05) is 12.1 Å². The summed E-state index contributed by atoms with van der Waals surface area (Å²) < 4.78 is 54.1. The second-order valence-electron chi connectivity index (χ2n) is 6.94. The smallest absolute Gasteiger partial charge is 0.243 e. The minimum atomic E-state index is -3.94. The molecule has 3 aromatic rings. The predicted octanol–water partition coefficient (Wildman–Crippen LogP) is 3.04. The first-order chi connectivity index (χ1) is 14.3. The Balaban J connectivity index is 1.34. The molecule has 1 amide bonds. The summed E-state index contributed by atoms with van der Waals surface area (Å²) in [5.41, 5.74) is 0.918. The standard InChI is InChI=1S/C20H19F2N3O3S2/c21-15-6-5-14(13-16(15)22)30(27,28)25-11-9-24(10-12-25)20(26)8-7-19-23-17-3-1-2-4-18(17)29-19/h1-6,13H,7-12H2. The van der Waals surface area contributed by atoms with Crippen LogP contribution in [0.25, 0.3) is 10.2 Å². The molecule has 2 aromatic carbocycles. The third-order valence-corrected chi connectivity index (χ3v) is 8.00. The Morgan fingerprint density at radius 2 is 1.77 bits per heavy atom. The zero-order valence-corrected chi connectivity index (χ0v) is 17.6. The number of para-hydroxylation sites is 1. The van der Waals surface area contributed by atoms with Crippen molar-refractivity contribution in [1.82, 2.24) is 14.2 Å². The number of aromatic nitrogens is 1. The van der Waals surface area contributed by atoms with Crippen LogP contribution in [0.15, 0.2) is 47.4 Å². The summed E-state index contributed by atoms with van der Waals surface area (Å²) >= 11 is 1.56. The van der Waals surface area contributed by atoms with Gasteiger partial charge in [-0.2, -0.15) is 4.31 Å². The van der Waals surface area contributed by atoms with Gasteiger partial charge in [0, 0.05) is 39.0 Å². The van der Waals surface area contributed by atoms with E-state index >= 15 is 0 Å². The minimum absolute atomic E-state index is 0.0564.